The number of carbonyl (C=O) groups is 2. The number of fused-ring (bicyclic) bond motifs is 1. The van der Waals surface area contributed by atoms with Crippen molar-refractivity contribution in [3.05, 3.63) is 60.9 Å². The lowest BCUT2D eigenvalue weighted by Crippen LogP contribution is -2.27. The van der Waals surface area contributed by atoms with Gasteiger partial charge in [-0.05, 0) is 76.9 Å². The molecular weight excluding hydrogens is 484 g/mol. The molecule has 0 aliphatic carbocycles. The molecule has 4 aromatic rings. The Morgan fingerprint density at radius 3 is 2.03 bits per heavy atom. The second-order valence-electron chi connectivity index (χ2n) is 10.7. The average molecular weight is 517 g/mol. The van der Waals surface area contributed by atoms with Crippen LogP contribution in [0.3, 0.4) is 0 Å². The summed E-state index contributed by atoms with van der Waals surface area (Å²) in [5.74, 6) is 0.728. The number of benzene rings is 1. The first-order valence-electron chi connectivity index (χ1n) is 12.2. The number of ether oxygens (including phenoxy) is 3. The van der Waals surface area contributed by atoms with Crippen molar-refractivity contribution in [2.75, 3.05) is 12.4 Å². The average Bonchev–Trinajstić information content (AvgIpc) is 3.22. The number of nitrogens with zero attached hydrogens (tertiary/aromatic N) is 3. The zero-order valence-electron chi connectivity index (χ0n) is 22.7. The Balaban J connectivity index is 1.64. The number of nitrogens with one attached hydrogen (secondary N) is 1. The van der Waals surface area contributed by atoms with E-state index >= 15 is 0 Å². The summed E-state index contributed by atoms with van der Waals surface area (Å²) in [7, 11) is 1.52. The van der Waals surface area contributed by atoms with Crippen LogP contribution in [0.2, 0.25) is 0 Å². The molecule has 0 aliphatic heterocycles. The summed E-state index contributed by atoms with van der Waals surface area (Å²) in [6, 6.07) is 15.1. The van der Waals surface area contributed by atoms with E-state index in [0.29, 0.717) is 22.9 Å². The summed E-state index contributed by atoms with van der Waals surface area (Å²) in [5, 5.41) is 3.43. The normalized spacial score (nSPS) is 11.8. The van der Waals surface area contributed by atoms with Gasteiger partial charge in [-0.25, -0.2) is 24.1 Å². The second kappa shape index (κ2) is 10.2. The summed E-state index contributed by atoms with van der Waals surface area (Å²) in [4.78, 5) is 33.9. The number of methoxy groups -OCH3 is 1. The van der Waals surface area contributed by atoms with Crippen LogP contribution in [-0.4, -0.2) is 45.0 Å². The maximum Gasteiger partial charge on any atom is 0.419 e. The molecule has 3 heterocycles. The third-order valence-electron chi connectivity index (χ3n) is 5.35. The molecule has 0 saturated carbocycles. The van der Waals surface area contributed by atoms with Crippen molar-refractivity contribution in [2.45, 2.75) is 52.7 Å². The lowest BCUT2D eigenvalue weighted by molar-refractivity contribution is 0.0545. The standard InChI is InChI=1S/C29H32N4O5/c1-28(2,3)37-26(34)32-23-13-12-21(17-31-23)18-8-10-19(11-9-18)22-16-20-14-15-30-25(36-7)24(20)33(22)27(35)38-29(4,5)6/h8-17H,1-7H3,(H,31,32,34). The highest BCUT2D eigenvalue weighted by Gasteiger charge is 2.25. The third-order valence-corrected chi connectivity index (χ3v) is 5.35. The Labute approximate surface area is 221 Å². The van der Waals surface area contributed by atoms with E-state index < -0.39 is 23.4 Å². The van der Waals surface area contributed by atoms with Gasteiger partial charge in [-0.1, -0.05) is 24.3 Å². The first-order chi connectivity index (χ1) is 17.8. The van der Waals surface area contributed by atoms with Crippen LogP contribution in [0.4, 0.5) is 15.4 Å². The van der Waals surface area contributed by atoms with Gasteiger partial charge < -0.3 is 14.2 Å². The minimum atomic E-state index is -0.679. The predicted molar refractivity (Wildman–Crippen MR) is 146 cm³/mol. The number of hydrogen-bond acceptors (Lipinski definition) is 7. The molecule has 38 heavy (non-hydrogen) atoms. The van der Waals surface area contributed by atoms with Crippen LogP contribution in [0, 0.1) is 0 Å². The summed E-state index contributed by atoms with van der Waals surface area (Å²) in [6.07, 6.45) is 2.24. The molecule has 0 radical (unpaired) electrons. The van der Waals surface area contributed by atoms with Crippen LogP contribution in [0.5, 0.6) is 5.88 Å². The minimum Gasteiger partial charge on any atom is -0.479 e. The zero-order valence-corrected chi connectivity index (χ0v) is 22.7. The highest BCUT2D eigenvalue weighted by molar-refractivity contribution is 5.98. The Bertz CT molecular complexity index is 1460. The molecule has 0 aliphatic rings. The highest BCUT2D eigenvalue weighted by atomic mass is 16.6. The fourth-order valence-corrected chi connectivity index (χ4v) is 3.86. The number of amides is 1. The van der Waals surface area contributed by atoms with Gasteiger partial charge in [0.05, 0.1) is 12.8 Å². The number of anilines is 1. The summed E-state index contributed by atoms with van der Waals surface area (Å²) in [5.41, 5.74) is 2.52. The van der Waals surface area contributed by atoms with Gasteiger partial charge in [0.15, 0.2) is 0 Å². The molecule has 1 amide bonds. The number of pyridine rings is 2. The van der Waals surface area contributed by atoms with Gasteiger partial charge in [-0.15, -0.1) is 0 Å². The van der Waals surface area contributed by atoms with Crippen molar-refractivity contribution in [3.8, 4) is 28.3 Å². The van der Waals surface area contributed by atoms with E-state index in [0.717, 1.165) is 22.1 Å². The maximum atomic E-state index is 13.3. The molecule has 1 aromatic carbocycles. The molecule has 0 saturated heterocycles. The van der Waals surface area contributed by atoms with Crippen LogP contribution in [0.25, 0.3) is 33.3 Å². The van der Waals surface area contributed by atoms with Crippen molar-refractivity contribution in [1.82, 2.24) is 14.5 Å². The first kappa shape index (κ1) is 26.7. The monoisotopic (exact) mass is 516 g/mol. The van der Waals surface area contributed by atoms with Crippen LogP contribution in [0.1, 0.15) is 41.5 Å². The van der Waals surface area contributed by atoms with E-state index in [-0.39, 0.29) is 0 Å². The summed E-state index contributed by atoms with van der Waals surface area (Å²) < 4.78 is 17.9. The number of aromatic nitrogens is 3. The lowest BCUT2D eigenvalue weighted by Gasteiger charge is -2.21. The molecule has 0 bridgehead atoms. The van der Waals surface area contributed by atoms with E-state index in [1.807, 2.05) is 63.2 Å². The third kappa shape index (κ3) is 6.11. The van der Waals surface area contributed by atoms with Gasteiger partial charge in [-0.2, -0.15) is 0 Å². The molecule has 9 heteroatoms. The smallest absolute Gasteiger partial charge is 0.419 e. The van der Waals surface area contributed by atoms with Gasteiger partial charge in [0.2, 0.25) is 5.88 Å². The molecule has 4 rings (SSSR count). The van der Waals surface area contributed by atoms with Crippen molar-refractivity contribution in [3.63, 3.8) is 0 Å². The van der Waals surface area contributed by atoms with E-state index in [1.165, 1.54) is 11.7 Å². The Morgan fingerprint density at radius 2 is 1.45 bits per heavy atom. The van der Waals surface area contributed by atoms with Crippen LogP contribution in [0.15, 0.2) is 60.9 Å². The summed E-state index contributed by atoms with van der Waals surface area (Å²) in [6.45, 7) is 10.9. The molecule has 0 fully saturated rings. The fraction of sp³-hybridized carbons (Fsp3) is 0.310. The van der Waals surface area contributed by atoms with Crippen molar-refractivity contribution in [2.24, 2.45) is 0 Å². The molecule has 0 unspecified atom stereocenters. The topological polar surface area (TPSA) is 105 Å². The first-order valence-corrected chi connectivity index (χ1v) is 12.2. The van der Waals surface area contributed by atoms with Crippen molar-refractivity contribution < 1.29 is 23.8 Å². The minimum absolute atomic E-state index is 0.336. The van der Waals surface area contributed by atoms with Gasteiger partial charge in [0, 0.05) is 23.3 Å². The quantitative estimate of drug-likeness (QED) is 0.314. The molecule has 0 spiro atoms. The van der Waals surface area contributed by atoms with Gasteiger partial charge in [0.25, 0.3) is 0 Å². The van der Waals surface area contributed by atoms with Crippen LogP contribution < -0.4 is 10.1 Å². The molecule has 3 aromatic heterocycles. The largest absolute Gasteiger partial charge is 0.479 e. The Morgan fingerprint density at radius 1 is 0.816 bits per heavy atom. The lowest BCUT2D eigenvalue weighted by atomic mass is 10.0. The van der Waals surface area contributed by atoms with E-state index in [2.05, 4.69) is 15.3 Å². The zero-order chi connectivity index (χ0) is 27.7. The fourth-order valence-electron chi connectivity index (χ4n) is 3.86. The molecule has 198 valence electrons. The second-order valence-corrected chi connectivity index (χ2v) is 10.7. The molecule has 9 nitrogen and oxygen atoms in total. The Hall–Kier alpha value is -4.40. The Kier molecular flexibility index (Phi) is 7.13. The van der Waals surface area contributed by atoms with Crippen molar-refractivity contribution in [1.29, 1.82) is 0 Å². The van der Waals surface area contributed by atoms with Crippen LogP contribution >= 0.6 is 0 Å². The SMILES string of the molecule is COc1nccc2cc(-c3ccc(-c4ccc(NC(=O)OC(C)(C)C)nc4)cc3)n(C(=O)OC(C)(C)C)c12. The van der Waals surface area contributed by atoms with E-state index in [1.54, 1.807) is 39.2 Å². The van der Waals surface area contributed by atoms with Crippen LogP contribution in [-0.2, 0) is 9.47 Å². The molecule has 1 N–H and O–H groups in total. The maximum absolute atomic E-state index is 13.3. The van der Waals surface area contributed by atoms with Gasteiger partial charge in [0.1, 0.15) is 22.5 Å². The van der Waals surface area contributed by atoms with Gasteiger partial charge >= 0.3 is 12.2 Å². The number of hydrogen-bond donors (Lipinski definition) is 1. The highest BCUT2D eigenvalue weighted by Crippen LogP contribution is 2.34. The van der Waals surface area contributed by atoms with E-state index in [9.17, 15) is 9.59 Å². The van der Waals surface area contributed by atoms with E-state index in [4.69, 9.17) is 14.2 Å². The number of rotatable bonds is 4. The van der Waals surface area contributed by atoms with Crippen molar-refractivity contribution >= 4 is 28.9 Å². The number of carbonyl (C=O) groups excluding carboxylic acids is 2. The summed E-state index contributed by atoms with van der Waals surface area (Å²) >= 11 is 0. The molecular formula is C29H32N4O5. The predicted octanol–water partition coefficient (Wildman–Crippen LogP) is 6.90. The molecule has 0 atom stereocenters. The van der Waals surface area contributed by atoms with Gasteiger partial charge in [-0.3, -0.25) is 5.32 Å².